The van der Waals surface area contributed by atoms with Gasteiger partial charge in [0.1, 0.15) is 0 Å². The Bertz CT molecular complexity index is 21.6. The fraction of sp³-hybridized carbons (Fsp3) is 1.00. The first-order chi connectivity index (χ1) is 2.27. The van der Waals surface area contributed by atoms with E-state index in [-0.39, 0.29) is 5.37 Å². The van der Waals surface area contributed by atoms with Crippen molar-refractivity contribution in [2.24, 2.45) is 5.73 Å². The van der Waals surface area contributed by atoms with Crippen LogP contribution in [0.2, 0.25) is 0 Å². The van der Waals surface area contributed by atoms with Crippen LogP contribution in [0.1, 0.15) is 0 Å². The summed E-state index contributed by atoms with van der Waals surface area (Å²) in [5.41, 5.74) is 5.08. The summed E-state index contributed by atoms with van der Waals surface area (Å²) in [5.74, 6) is 0.642. The number of nitrogens with two attached hydrogens (primary N) is 1. The van der Waals surface area contributed by atoms with E-state index in [9.17, 15) is 0 Å². The van der Waals surface area contributed by atoms with Gasteiger partial charge in [0.15, 0.2) is 0 Å². The largest absolute Gasteiger partial charge is 0.319 e. The Morgan fingerprint density at radius 1 is 1.80 bits per heavy atom. The Balaban J connectivity index is 2.54. The van der Waals surface area contributed by atoms with Crippen LogP contribution in [0.4, 0.5) is 0 Å². The van der Waals surface area contributed by atoms with Gasteiger partial charge in [0.05, 0.1) is 5.37 Å². The monoisotopic (exact) mass is 109 g/mol. The Morgan fingerprint density at radius 3 is 2.00 bits per heavy atom. The maximum Gasteiger partial charge on any atom is 0.0566 e. The molecule has 0 aromatic rings. The molecule has 0 saturated carbocycles. The normalized spacial score (nSPS) is 15.0. The van der Waals surface area contributed by atoms with Crippen molar-refractivity contribution in [3.8, 4) is 0 Å². The zero-order valence-electron chi connectivity index (χ0n) is 2.76. The van der Waals surface area contributed by atoms with Crippen molar-refractivity contribution in [1.82, 2.24) is 0 Å². The van der Waals surface area contributed by atoms with Crippen molar-refractivity contribution in [1.29, 1.82) is 0 Å². The van der Waals surface area contributed by atoms with Crippen molar-refractivity contribution in [2.75, 3.05) is 5.75 Å². The highest BCUT2D eigenvalue weighted by Gasteiger charge is 1.81. The summed E-state index contributed by atoms with van der Waals surface area (Å²) >= 11 is 7.61. The number of hydrogen-bond acceptors (Lipinski definition) is 3. The molecule has 0 aromatic carbocycles. The summed E-state index contributed by atoms with van der Waals surface area (Å²) in [4.78, 5) is 0. The van der Waals surface area contributed by atoms with E-state index in [0.717, 1.165) is 0 Å². The second kappa shape index (κ2) is 2.87. The first-order valence-electron chi connectivity index (χ1n) is 1.32. The summed E-state index contributed by atoms with van der Waals surface area (Å²) in [6, 6.07) is 0. The molecule has 2 N–H and O–H groups in total. The van der Waals surface area contributed by atoms with E-state index >= 15 is 0 Å². The van der Waals surface area contributed by atoms with Gasteiger partial charge in [0.25, 0.3) is 0 Å². The Morgan fingerprint density at radius 2 is 2.00 bits per heavy atom. The van der Waals surface area contributed by atoms with Crippen molar-refractivity contribution < 1.29 is 0 Å². The molecule has 0 spiro atoms. The quantitative estimate of drug-likeness (QED) is 0.324. The molecule has 0 aromatic heterocycles. The summed E-state index contributed by atoms with van der Waals surface area (Å²) in [6.07, 6.45) is 0. The van der Waals surface area contributed by atoms with Crippen LogP contribution in [0.5, 0.6) is 0 Å². The van der Waals surface area contributed by atoms with E-state index in [2.05, 4.69) is 25.3 Å². The molecule has 0 amide bonds. The third-order valence-electron chi connectivity index (χ3n) is 0.187. The molecule has 0 fully saturated rings. The van der Waals surface area contributed by atoms with Crippen molar-refractivity contribution in [3.05, 3.63) is 0 Å². The molecule has 0 aliphatic carbocycles. The molecule has 5 heavy (non-hydrogen) atoms. The second-order valence-electron chi connectivity index (χ2n) is 0.750. The molecule has 3 heteroatoms. The summed E-state index contributed by atoms with van der Waals surface area (Å²) in [5, 5.41) is -0.0571. The Labute approximate surface area is 42.8 Å². The molecule has 0 saturated heterocycles. The third-order valence-corrected chi connectivity index (χ3v) is 1.05. The SMILES string of the molecule is NC(S)CS. The average Bonchev–Trinajstić information content (AvgIpc) is 1.38. The standard InChI is InChI=1S/C2H7NS2/c3-2(5)1-4/h2,4-5H,1,3H2. The highest BCUT2D eigenvalue weighted by atomic mass is 32.1. The van der Waals surface area contributed by atoms with Gasteiger partial charge in [-0.2, -0.15) is 25.3 Å². The van der Waals surface area contributed by atoms with Crippen LogP contribution in [0.15, 0.2) is 0 Å². The fourth-order valence-corrected chi connectivity index (χ4v) is 0. The average molecular weight is 109 g/mol. The van der Waals surface area contributed by atoms with Gasteiger partial charge in [0.2, 0.25) is 0 Å². The molecule has 0 radical (unpaired) electrons. The predicted octanol–water partition coefficient (Wildman–Crippen LogP) is 0.131. The lowest BCUT2D eigenvalue weighted by molar-refractivity contribution is 1.08. The first-order valence-corrected chi connectivity index (χ1v) is 2.46. The number of rotatable bonds is 1. The highest BCUT2D eigenvalue weighted by Crippen LogP contribution is 1.83. The maximum absolute atomic E-state index is 5.08. The summed E-state index contributed by atoms with van der Waals surface area (Å²) in [7, 11) is 0. The predicted molar refractivity (Wildman–Crippen MR) is 30.8 cm³/mol. The smallest absolute Gasteiger partial charge is 0.0566 e. The molecule has 1 nitrogen and oxygen atoms in total. The topological polar surface area (TPSA) is 26.0 Å². The van der Waals surface area contributed by atoms with Crippen LogP contribution >= 0.6 is 25.3 Å². The lowest BCUT2D eigenvalue weighted by atomic mass is 10.8. The van der Waals surface area contributed by atoms with Gasteiger partial charge in [-0.1, -0.05) is 0 Å². The minimum Gasteiger partial charge on any atom is -0.319 e. The van der Waals surface area contributed by atoms with Gasteiger partial charge >= 0.3 is 0 Å². The van der Waals surface area contributed by atoms with Crippen LogP contribution in [-0.4, -0.2) is 11.1 Å². The molecule has 0 aliphatic rings. The molecule has 0 bridgehead atoms. The van der Waals surface area contributed by atoms with Crippen molar-refractivity contribution in [3.63, 3.8) is 0 Å². The van der Waals surface area contributed by atoms with E-state index in [1.807, 2.05) is 0 Å². The van der Waals surface area contributed by atoms with Crippen molar-refractivity contribution in [2.45, 2.75) is 5.37 Å². The van der Waals surface area contributed by atoms with E-state index in [1.54, 1.807) is 0 Å². The molecule has 0 heterocycles. The van der Waals surface area contributed by atoms with Crippen LogP contribution in [0.25, 0.3) is 0 Å². The number of hydrogen-bond donors (Lipinski definition) is 3. The van der Waals surface area contributed by atoms with Gasteiger partial charge in [-0.3, -0.25) is 0 Å². The molecule has 32 valence electrons. The lowest BCUT2D eigenvalue weighted by Crippen LogP contribution is -2.12. The summed E-state index contributed by atoms with van der Waals surface area (Å²) in [6.45, 7) is 0. The minimum atomic E-state index is -0.0571. The molecule has 1 unspecified atom stereocenters. The molecule has 0 rings (SSSR count). The van der Waals surface area contributed by atoms with Gasteiger partial charge in [-0.15, -0.1) is 0 Å². The third kappa shape index (κ3) is 4.66. The second-order valence-corrected chi connectivity index (χ2v) is 1.78. The zero-order chi connectivity index (χ0) is 4.28. The van der Waals surface area contributed by atoms with Gasteiger partial charge in [-0.25, -0.2) is 0 Å². The van der Waals surface area contributed by atoms with Gasteiger partial charge in [0, 0.05) is 5.75 Å². The Kier molecular flexibility index (Phi) is 3.25. The van der Waals surface area contributed by atoms with Crippen LogP contribution in [-0.2, 0) is 0 Å². The molecule has 0 aliphatic heterocycles. The molecule has 1 atom stereocenters. The van der Waals surface area contributed by atoms with E-state index in [1.165, 1.54) is 0 Å². The van der Waals surface area contributed by atoms with E-state index in [4.69, 9.17) is 5.73 Å². The van der Waals surface area contributed by atoms with Crippen LogP contribution in [0, 0.1) is 0 Å². The maximum atomic E-state index is 5.08. The highest BCUT2D eigenvalue weighted by molar-refractivity contribution is 7.84. The fourth-order valence-electron chi connectivity index (χ4n) is 0. The molecular weight excluding hydrogens is 102 g/mol. The number of thiol groups is 2. The summed E-state index contributed by atoms with van der Waals surface area (Å²) < 4.78 is 0. The lowest BCUT2D eigenvalue weighted by Gasteiger charge is -1.90. The van der Waals surface area contributed by atoms with Gasteiger partial charge < -0.3 is 5.73 Å². The first kappa shape index (κ1) is 5.66. The van der Waals surface area contributed by atoms with E-state index in [0.29, 0.717) is 5.75 Å². The Hall–Kier alpha value is 0.660. The van der Waals surface area contributed by atoms with Crippen molar-refractivity contribution >= 4 is 25.3 Å². The molecular formula is C2H7NS2. The zero-order valence-corrected chi connectivity index (χ0v) is 4.55. The van der Waals surface area contributed by atoms with E-state index < -0.39 is 0 Å². The van der Waals surface area contributed by atoms with Crippen LogP contribution in [0.3, 0.4) is 0 Å². The van der Waals surface area contributed by atoms with Crippen LogP contribution < -0.4 is 5.73 Å². The van der Waals surface area contributed by atoms with Gasteiger partial charge in [-0.05, 0) is 0 Å². The minimum absolute atomic E-state index is 0.0571.